The first-order valence-corrected chi connectivity index (χ1v) is 6.63. The SMILES string of the molecule is CC(C)CC(NCCCCO)c1ccccc1. The van der Waals surface area contributed by atoms with Crippen molar-refractivity contribution in [2.45, 2.75) is 39.2 Å². The Balaban J connectivity index is 2.49. The second-order valence-corrected chi connectivity index (χ2v) is 4.98. The maximum absolute atomic E-state index is 8.77. The van der Waals surface area contributed by atoms with E-state index in [1.165, 1.54) is 5.56 Å². The van der Waals surface area contributed by atoms with Gasteiger partial charge in [-0.25, -0.2) is 0 Å². The molecule has 0 aliphatic rings. The van der Waals surface area contributed by atoms with Crippen molar-refractivity contribution in [1.29, 1.82) is 0 Å². The quantitative estimate of drug-likeness (QED) is 0.678. The molecule has 1 aromatic rings. The third-order valence-corrected chi connectivity index (χ3v) is 2.88. The predicted molar refractivity (Wildman–Crippen MR) is 73.0 cm³/mol. The molecule has 0 spiro atoms. The van der Waals surface area contributed by atoms with Crippen molar-refractivity contribution in [2.24, 2.45) is 5.92 Å². The van der Waals surface area contributed by atoms with Crippen molar-refractivity contribution in [1.82, 2.24) is 5.32 Å². The predicted octanol–water partition coefficient (Wildman–Crippen LogP) is 3.14. The van der Waals surface area contributed by atoms with E-state index < -0.39 is 0 Å². The molecule has 1 aromatic carbocycles. The van der Waals surface area contributed by atoms with Crippen LogP contribution in [0.25, 0.3) is 0 Å². The lowest BCUT2D eigenvalue weighted by molar-refractivity contribution is 0.281. The highest BCUT2D eigenvalue weighted by molar-refractivity contribution is 5.18. The monoisotopic (exact) mass is 235 g/mol. The van der Waals surface area contributed by atoms with E-state index in [0.717, 1.165) is 25.8 Å². The number of rotatable bonds is 8. The van der Waals surface area contributed by atoms with E-state index in [-0.39, 0.29) is 0 Å². The van der Waals surface area contributed by atoms with Gasteiger partial charge in [0.15, 0.2) is 0 Å². The van der Waals surface area contributed by atoms with Crippen LogP contribution in [-0.4, -0.2) is 18.3 Å². The zero-order valence-corrected chi connectivity index (χ0v) is 11.0. The van der Waals surface area contributed by atoms with Gasteiger partial charge in [-0.3, -0.25) is 0 Å². The molecule has 0 aliphatic carbocycles. The maximum atomic E-state index is 8.77. The Hall–Kier alpha value is -0.860. The van der Waals surface area contributed by atoms with Gasteiger partial charge in [-0.1, -0.05) is 44.2 Å². The van der Waals surface area contributed by atoms with Gasteiger partial charge in [-0.2, -0.15) is 0 Å². The van der Waals surface area contributed by atoms with Gasteiger partial charge in [0.05, 0.1) is 0 Å². The summed E-state index contributed by atoms with van der Waals surface area (Å²) >= 11 is 0. The Bertz CT molecular complexity index is 284. The number of unbranched alkanes of at least 4 members (excludes halogenated alkanes) is 1. The summed E-state index contributed by atoms with van der Waals surface area (Å²) in [6.07, 6.45) is 3.08. The maximum Gasteiger partial charge on any atom is 0.0431 e. The molecule has 2 nitrogen and oxygen atoms in total. The van der Waals surface area contributed by atoms with E-state index in [4.69, 9.17) is 5.11 Å². The number of nitrogens with one attached hydrogen (secondary N) is 1. The molecule has 1 rings (SSSR count). The highest BCUT2D eigenvalue weighted by Gasteiger charge is 2.11. The lowest BCUT2D eigenvalue weighted by Crippen LogP contribution is -2.24. The van der Waals surface area contributed by atoms with E-state index in [9.17, 15) is 0 Å². The molecule has 0 aliphatic heterocycles. The average Bonchev–Trinajstić information content (AvgIpc) is 2.34. The molecular formula is C15H25NO. The van der Waals surface area contributed by atoms with Crippen LogP contribution in [0, 0.1) is 5.92 Å². The Labute approximate surface area is 105 Å². The van der Waals surface area contributed by atoms with Crippen LogP contribution in [0.4, 0.5) is 0 Å². The fourth-order valence-corrected chi connectivity index (χ4v) is 2.01. The minimum atomic E-state index is 0.294. The van der Waals surface area contributed by atoms with Crippen LogP contribution < -0.4 is 5.32 Å². The van der Waals surface area contributed by atoms with Gasteiger partial charge >= 0.3 is 0 Å². The zero-order chi connectivity index (χ0) is 12.5. The van der Waals surface area contributed by atoms with Gasteiger partial charge in [-0.15, -0.1) is 0 Å². The van der Waals surface area contributed by atoms with E-state index >= 15 is 0 Å². The van der Waals surface area contributed by atoms with Crippen LogP contribution in [0.3, 0.4) is 0 Å². The molecule has 0 fully saturated rings. The summed E-state index contributed by atoms with van der Waals surface area (Å²) in [5, 5.41) is 12.4. The molecule has 0 bridgehead atoms. The van der Waals surface area contributed by atoms with Crippen LogP contribution >= 0.6 is 0 Å². The van der Waals surface area contributed by atoms with Gasteiger partial charge in [0.1, 0.15) is 0 Å². The summed E-state index contributed by atoms with van der Waals surface area (Å²) in [4.78, 5) is 0. The normalized spacial score (nSPS) is 12.9. The van der Waals surface area contributed by atoms with Crippen LogP contribution in [0.15, 0.2) is 30.3 Å². The van der Waals surface area contributed by atoms with Crippen molar-refractivity contribution in [2.75, 3.05) is 13.2 Å². The van der Waals surface area contributed by atoms with Crippen molar-refractivity contribution in [3.05, 3.63) is 35.9 Å². The Morgan fingerprint density at radius 2 is 1.82 bits per heavy atom. The summed E-state index contributed by atoms with van der Waals surface area (Å²) in [6, 6.07) is 11.1. The molecule has 0 amide bonds. The molecule has 0 heterocycles. The molecule has 2 heteroatoms. The fourth-order valence-electron chi connectivity index (χ4n) is 2.01. The van der Waals surface area contributed by atoms with Crippen LogP contribution in [0.5, 0.6) is 0 Å². The highest BCUT2D eigenvalue weighted by atomic mass is 16.2. The van der Waals surface area contributed by atoms with Gasteiger partial charge in [0.25, 0.3) is 0 Å². The third kappa shape index (κ3) is 5.85. The summed E-state index contributed by atoms with van der Waals surface area (Å²) in [6.45, 7) is 5.78. The van der Waals surface area contributed by atoms with Crippen LogP contribution in [-0.2, 0) is 0 Å². The van der Waals surface area contributed by atoms with E-state index in [1.807, 2.05) is 0 Å². The van der Waals surface area contributed by atoms with E-state index in [1.54, 1.807) is 0 Å². The third-order valence-electron chi connectivity index (χ3n) is 2.88. The fraction of sp³-hybridized carbons (Fsp3) is 0.600. The molecule has 0 saturated carbocycles. The van der Waals surface area contributed by atoms with Crippen LogP contribution in [0.2, 0.25) is 0 Å². The van der Waals surface area contributed by atoms with Gasteiger partial charge in [0, 0.05) is 12.6 Å². The van der Waals surface area contributed by atoms with Gasteiger partial charge in [0.2, 0.25) is 0 Å². The molecule has 17 heavy (non-hydrogen) atoms. The highest BCUT2D eigenvalue weighted by Crippen LogP contribution is 2.20. The number of aliphatic hydroxyl groups is 1. The van der Waals surface area contributed by atoms with Crippen LogP contribution in [0.1, 0.15) is 44.7 Å². The minimum absolute atomic E-state index is 0.294. The van der Waals surface area contributed by atoms with Crippen molar-refractivity contribution < 1.29 is 5.11 Å². The molecular weight excluding hydrogens is 210 g/mol. The smallest absolute Gasteiger partial charge is 0.0431 e. The molecule has 0 saturated heterocycles. The first-order valence-electron chi connectivity index (χ1n) is 6.63. The average molecular weight is 235 g/mol. The van der Waals surface area contributed by atoms with E-state index in [0.29, 0.717) is 18.6 Å². The molecule has 0 radical (unpaired) electrons. The largest absolute Gasteiger partial charge is 0.396 e. The number of hydrogen-bond donors (Lipinski definition) is 2. The van der Waals surface area contributed by atoms with Gasteiger partial charge in [-0.05, 0) is 37.3 Å². The summed E-state index contributed by atoms with van der Waals surface area (Å²) in [7, 11) is 0. The lowest BCUT2D eigenvalue weighted by Gasteiger charge is -2.21. The number of benzene rings is 1. The topological polar surface area (TPSA) is 32.3 Å². The Morgan fingerprint density at radius 3 is 2.41 bits per heavy atom. The summed E-state index contributed by atoms with van der Waals surface area (Å²) in [5.74, 6) is 0.686. The molecule has 0 aromatic heterocycles. The molecule has 96 valence electrons. The summed E-state index contributed by atoms with van der Waals surface area (Å²) in [5.41, 5.74) is 1.37. The lowest BCUT2D eigenvalue weighted by atomic mass is 9.97. The second-order valence-electron chi connectivity index (χ2n) is 4.98. The number of hydrogen-bond acceptors (Lipinski definition) is 2. The summed E-state index contributed by atoms with van der Waals surface area (Å²) < 4.78 is 0. The van der Waals surface area contributed by atoms with Crippen molar-refractivity contribution in [3.63, 3.8) is 0 Å². The first-order chi connectivity index (χ1) is 8.24. The Kier molecular flexibility index (Phi) is 6.90. The first kappa shape index (κ1) is 14.2. The standard InChI is InChI=1S/C15H25NO/c1-13(2)12-15(16-10-6-7-11-17)14-8-4-3-5-9-14/h3-5,8-9,13,15-17H,6-7,10-12H2,1-2H3. The number of aliphatic hydroxyl groups excluding tert-OH is 1. The zero-order valence-electron chi connectivity index (χ0n) is 11.0. The molecule has 1 unspecified atom stereocenters. The molecule has 1 atom stereocenters. The molecule has 2 N–H and O–H groups in total. The minimum Gasteiger partial charge on any atom is -0.396 e. The van der Waals surface area contributed by atoms with Crippen molar-refractivity contribution in [3.8, 4) is 0 Å². The Morgan fingerprint density at radius 1 is 1.12 bits per heavy atom. The van der Waals surface area contributed by atoms with Gasteiger partial charge < -0.3 is 10.4 Å². The van der Waals surface area contributed by atoms with E-state index in [2.05, 4.69) is 49.5 Å². The second kappa shape index (κ2) is 8.26. The van der Waals surface area contributed by atoms with Crippen molar-refractivity contribution >= 4 is 0 Å².